The van der Waals surface area contributed by atoms with Gasteiger partial charge in [-0.25, -0.2) is 4.98 Å². The molecule has 4 heterocycles. The molecule has 0 bridgehead atoms. The van der Waals surface area contributed by atoms with Crippen molar-refractivity contribution >= 4 is 17.2 Å². The topological polar surface area (TPSA) is 54.3 Å². The second kappa shape index (κ2) is 5.48. The first-order valence-electron chi connectivity index (χ1n) is 7.56. The third kappa shape index (κ3) is 2.55. The summed E-state index contributed by atoms with van der Waals surface area (Å²) in [6, 6.07) is 0. The quantitative estimate of drug-likeness (QED) is 0.850. The average molecular weight is 317 g/mol. The minimum absolute atomic E-state index is 0.0921. The molecule has 2 aromatic heterocycles. The maximum absolute atomic E-state index is 12.4. The summed E-state index contributed by atoms with van der Waals surface area (Å²) in [5.74, 6) is 1.29. The van der Waals surface area contributed by atoms with Crippen LogP contribution in [0.1, 0.15) is 16.1 Å². The lowest BCUT2D eigenvalue weighted by Gasteiger charge is -2.20. The van der Waals surface area contributed by atoms with Crippen molar-refractivity contribution in [3.8, 4) is 0 Å². The van der Waals surface area contributed by atoms with Crippen LogP contribution in [-0.2, 0) is 13.6 Å². The Hall–Kier alpha value is -1.73. The van der Waals surface area contributed by atoms with Crippen LogP contribution < -0.4 is 0 Å². The number of likely N-dealkylation sites (tertiary alicyclic amines) is 2. The number of aryl methyl sites for hydroxylation is 1. The summed E-state index contributed by atoms with van der Waals surface area (Å²) < 4.78 is 1.85. The van der Waals surface area contributed by atoms with E-state index < -0.39 is 0 Å². The predicted molar refractivity (Wildman–Crippen MR) is 83.5 cm³/mol. The third-order valence-electron chi connectivity index (χ3n) is 4.67. The lowest BCUT2D eigenvalue weighted by atomic mass is 10.0. The highest BCUT2D eigenvalue weighted by atomic mass is 32.1. The summed E-state index contributed by atoms with van der Waals surface area (Å²) in [5.41, 5.74) is 3.58. The number of hydrogen-bond donors (Lipinski definition) is 0. The molecule has 2 unspecified atom stereocenters. The van der Waals surface area contributed by atoms with Gasteiger partial charge in [0.15, 0.2) is 0 Å². The molecule has 4 rings (SSSR count). The molecule has 2 atom stereocenters. The van der Waals surface area contributed by atoms with Crippen LogP contribution in [0.25, 0.3) is 0 Å². The summed E-state index contributed by atoms with van der Waals surface area (Å²) in [7, 11) is 1.95. The molecular formula is C15H19N5OS. The van der Waals surface area contributed by atoms with E-state index in [1.807, 2.05) is 28.2 Å². The average Bonchev–Trinajstić information content (AvgIpc) is 3.21. The van der Waals surface area contributed by atoms with E-state index in [4.69, 9.17) is 0 Å². The highest BCUT2D eigenvalue weighted by molar-refractivity contribution is 7.07. The van der Waals surface area contributed by atoms with Crippen LogP contribution in [0.15, 0.2) is 23.3 Å². The second-order valence-corrected chi connectivity index (χ2v) is 7.04. The molecule has 22 heavy (non-hydrogen) atoms. The Labute approximate surface area is 133 Å². The molecule has 7 heteroatoms. The van der Waals surface area contributed by atoms with E-state index in [1.54, 1.807) is 5.51 Å². The van der Waals surface area contributed by atoms with Gasteiger partial charge in [0, 0.05) is 56.9 Å². The van der Waals surface area contributed by atoms with Crippen molar-refractivity contribution in [3.05, 3.63) is 34.5 Å². The fourth-order valence-electron chi connectivity index (χ4n) is 3.68. The summed E-state index contributed by atoms with van der Waals surface area (Å²) >= 11 is 1.48. The minimum atomic E-state index is 0.0921. The van der Waals surface area contributed by atoms with Gasteiger partial charge in [-0.2, -0.15) is 5.10 Å². The maximum atomic E-state index is 12.4. The first-order valence-corrected chi connectivity index (χ1v) is 8.50. The monoisotopic (exact) mass is 317 g/mol. The third-order valence-corrected chi connectivity index (χ3v) is 5.25. The summed E-state index contributed by atoms with van der Waals surface area (Å²) in [4.78, 5) is 21.0. The first kappa shape index (κ1) is 13.9. The Bertz CT molecular complexity index is 653. The minimum Gasteiger partial charge on any atom is -0.337 e. The zero-order valence-electron chi connectivity index (χ0n) is 12.6. The first-order chi connectivity index (χ1) is 10.7. The van der Waals surface area contributed by atoms with Crippen LogP contribution in [0.5, 0.6) is 0 Å². The number of carbonyl (C=O) groups excluding carboxylic acids is 1. The van der Waals surface area contributed by atoms with Gasteiger partial charge >= 0.3 is 0 Å². The van der Waals surface area contributed by atoms with Gasteiger partial charge in [-0.05, 0) is 11.8 Å². The molecule has 0 saturated carbocycles. The Morgan fingerprint density at radius 3 is 2.68 bits per heavy atom. The van der Waals surface area contributed by atoms with E-state index in [0.29, 0.717) is 17.5 Å². The summed E-state index contributed by atoms with van der Waals surface area (Å²) in [5, 5.41) is 6.06. The van der Waals surface area contributed by atoms with Crippen molar-refractivity contribution in [1.82, 2.24) is 24.6 Å². The van der Waals surface area contributed by atoms with Gasteiger partial charge in [-0.15, -0.1) is 11.3 Å². The number of thiazole rings is 1. The Kier molecular flexibility index (Phi) is 3.46. The zero-order chi connectivity index (χ0) is 15.1. The van der Waals surface area contributed by atoms with Gasteiger partial charge in [0.25, 0.3) is 5.91 Å². The van der Waals surface area contributed by atoms with Crippen LogP contribution in [-0.4, -0.2) is 56.7 Å². The van der Waals surface area contributed by atoms with Crippen LogP contribution in [0.3, 0.4) is 0 Å². The van der Waals surface area contributed by atoms with E-state index >= 15 is 0 Å². The van der Waals surface area contributed by atoms with Crippen LogP contribution in [0.2, 0.25) is 0 Å². The number of hydrogen-bond acceptors (Lipinski definition) is 5. The van der Waals surface area contributed by atoms with E-state index in [9.17, 15) is 4.79 Å². The number of carbonyl (C=O) groups is 1. The SMILES string of the molecule is Cn1cc(CN2CC3CN(C(=O)c4cscn4)CC3C2)cn1. The molecular weight excluding hydrogens is 298 g/mol. The molecule has 2 saturated heterocycles. The Balaban J connectivity index is 1.35. The molecule has 6 nitrogen and oxygen atoms in total. The van der Waals surface area contributed by atoms with Crippen LogP contribution >= 0.6 is 11.3 Å². The number of aromatic nitrogens is 3. The molecule has 2 aliphatic heterocycles. The van der Waals surface area contributed by atoms with Crippen molar-refractivity contribution in [2.75, 3.05) is 26.2 Å². The van der Waals surface area contributed by atoms with E-state index in [1.165, 1.54) is 16.9 Å². The zero-order valence-corrected chi connectivity index (χ0v) is 13.4. The highest BCUT2D eigenvalue weighted by Crippen LogP contribution is 2.32. The summed E-state index contributed by atoms with van der Waals surface area (Å²) in [6.07, 6.45) is 4.01. The molecule has 0 radical (unpaired) electrons. The van der Waals surface area contributed by atoms with E-state index in [-0.39, 0.29) is 5.91 Å². The smallest absolute Gasteiger partial charge is 0.273 e. The highest BCUT2D eigenvalue weighted by Gasteiger charge is 2.41. The van der Waals surface area contributed by atoms with Gasteiger partial charge in [-0.1, -0.05) is 0 Å². The van der Waals surface area contributed by atoms with Crippen molar-refractivity contribution in [2.45, 2.75) is 6.54 Å². The molecule has 0 aliphatic carbocycles. The van der Waals surface area contributed by atoms with Crippen LogP contribution in [0.4, 0.5) is 0 Å². The molecule has 0 N–H and O–H groups in total. The van der Waals surface area contributed by atoms with Gasteiger partial charge in [0.05, 0.1) is 11.7 Å². The fourth-order valence-corrected chi connectivity index (χ4v) is 4.20. The van der Waals surface area contributed by atoms with Gasteiger partial charge < -0.3 is 4.90 Å². The molecule has 2 aliphatic rings. The lowest BCUT2D eigenvalue weighted by molar-refractivity contribution is 0.0768. The van der Waals surface area contributed by atoms with Crippen molar-refractivity contribution in [1.29, 1.82) is 0 Å². The number of nitrogens with zero attached hydrogens (tertiary/aromatic N) is 5. The van der Waals surface area contributed by atoms with E-state index in [2.05, 4.69) is 21.2 Å². The molecule has 1 amide bonds. The normalized spacial score (nSPS) is 24.9. The van der Waals surface area contributed by atoms with Gasteiger partial charge in [0.1, 0.15) is 5.69 Å². The number of fused-ring (bicyclic) bond motifs is 1. The standard InChI is InChI=1S/C15H19N5OS/c1-18-3-11(2-17-18)4-19-5-12-7-20(8-13(12)6-19)15(21)14-9-22-10-16-14/h2-3,9-10,12-13H,4-8H2,1H3. The summed E-state index contributed by atoms with van der Waals surface area (Å²) in [6.45, 7) is 4.83. The van der Waals surface area contributed by atoms with Crippen molar-refractivity contribution in [3.63, 3.8) is 0 Å². The maximum Gasteiger partial charge on any atom is 0.273 e. The Morgan fingerprint density at radius 1 is 1.32 bits per heavy atom. The van der Waals surface area contributed by atoms with E-state index in [0.717, 1.165) is 32.7 Å². The lowest BCUT2D eigenvalue weighted by Crippen LogP contribution is -2.33. The van der Waals surface area contributed by atoms with Crippen molar-refractivity contribution < 1.29 is 4.79 Å². The largest absolute Gasteiger partial charge is 0.337 e. The molecule has 2 aromatic rings. The Morgan fingerprint density at radius 2 is 2.09 bits per heavy atom. The number of rotatable bonds is 3. The second-order valence-electron chi connectivity index (χ2n) is 6.32. The molecule has 0 spiro atoms. The molecule has 2 fully saturated rings. The fraction of sp³-hybridized carbons (Fsp3) is 0.533. The number of amides is 1. The van der Waals surface area contributed by atoms with Gasteiger partial charge in [-0.3, -0.25) is 14.4 Å². The van der Waals surface area contributed by atoms with Crippen molar-refractivity contribution in [2.24, 2.45) is 18.9 Å². The van der Waals surface area contributed by atoms with Crippen LogP contribution in [0, 0.1) is 11.8 Å². The molecule has 0 aromatic carbocycles. The predicted octanol–water partition coefficient (Wildman–Crippen LogP) is 1.08. The molecule has 116 valence electrons. The van der Waals surface area contributed by atoms with Gasteiger partial charge in [0.2, 0.25) is 0 Å².